The second-order valence-electron chi connectivity index (χ2n) is 2.42. The predicted molar refractivity (Wildman–Crippen MR) is 44.1 cm³/mol. The van der Waals surface area contributed by atoms with Gasteiger partial charge in [-0.05, 0) is 4.92 Å². The van der Waals surface area contributed by atoms with E-state index >= 15 is 0 Å². The minimum Gasteiger partial charge on any atom is -0.392 e. The number of nitro groups is 1. The molecule has 7 nitrogen and oxygen atoms in total. The predicted octanol–water partition coefficient (Wildman–Crippen LogP) is 0.220. The molecule has 13 heavy (non-hydrogen) atoms. The molecule has 66 valence electrons. The van der Waals surface area contributed by atoms with Gasteiger partial charge in [-0.3, -0.25) is 0 Å². The van der Waals surface area contributed by atoms with Crippen LogP contribution in [0.25, 0.3) is 5.65 Å². The van der Waals surface area contributed by atoms with Gasteiger partial charge in [-0.15, -0.1) is 5.10 Å². The van der Waals surface area contributed by atoms with E-state index in [1.54, 1.807) is 0 Å². The zero-order valence-corrected chi connectivity index (χ0v) is 6.41. The lowest BCUT2D eigenvalue weighted by molar-refractivity contribution is -0.389. The molecule has 0 atom stereocenters. The molecule has 0 unspecified atom stereocenters. The quantitative estimate of drug-likeness (QED) is 0.498. The number of nitrogen functional groups attached to an aromatic ring is 1. The van der Waals surface area contributed by atoms with E-state index in [1.807, 2.05) is 0 Å². The highest BCUT2D eigenvalue weighted by Crippen LogP contribution is 2.23. The summed E-state index contributed by atoms with van der Waals surface area (Å²) in [4.78, 5) is 10.0. The average Bonchev–Trinajstić information content (AvgIpc) is 2.39. The maximum absolute atomic E-state index is 10.6. The Labute approximate surface area is 72.0 Å². The number of rotatable bonds is 1. The Balaban J connectivity index is 2.86. The van der Waals surface area contributed by atoms with Gasteiger partial charge in [-0.2, -0.15) is 9.50 Å². The first kappa shape index (κ1) is 7.47. The molecule has 2 heterocycles. The van der Waals surface area contributed by atoms with E-state index < -0.39 is 4.92 Å². The lowest BCUT2D eigenvalue weighted by Gasteiger charge is -1.93. The average molecular weight is 179 g/mol. The molecular weight excluding hydrogens is 174 g/mol. The zero-order chi connectivity index (χ0) is 9.42. The fourth-order valence-electron chi connectivity index (χ4n) is 1.13. The molecule has 2 N–H and O–H groups in total. The molecule has 0 bridgehead atoms. The third-order valence-corrected chi connectivity index (χ3v) is 1.63. The minimum atomic E-state index is -0.552. The minimum absolute atomic E-state index is 0.0884. The maximum Gasteiger partial charge on any atom is 0.352 e. The molecular formula is C6H5N5O2. The smallest absolute Gasteiger partial charge is 0.352 e. The molecule has 0 aliphatic carbocycles. The number of nitrogens with two attached hydrogens (primary N) is 1. The molecule has 0 amide bonds. The van der Waals surface area contributed by atoms with Gasteiger partial charge < -0.3 is 15.8 Å². The number of hydrogen-bond acceptors (Lipinski definition) is 5. The van der Waals surface area contributed by atoms with E-state index in [1.165, 1.54) is 22.9 Å². The summed E-state index contributed by atoms with van der Waals surface area (Å²) >= 11 is 0. The normalized spacial score (nSPS) is 10.5. The lowest BCUT2D eigenvalue weighted by Crippen LogP contribution is -1.97. The van der Waals surface area contributed by atoms with Crippen molar-refractivity contribution in [1.29, 1.82) is 0 Å². The van der Waals surface area contributed by atoms with Crippen molar-refractivity contribution in [2.45, 2.75) is 0 Å². The van der Waals surface area contributed by atoms with Gasteiger partial charge in [0.15, 0.2) is 0 Å². The number of aromatic nitrogens is 3. The highest BCUT2D eigenvalue weighted by atomic mass is 16.6. The standard InChI is InChI=1S/C6H5N5O2/c7-4-3-5-9-8-1-2-10(5)6(4)11(12)13/h1-3H,7H2. The Morgan fingerprint density at radius 1 is 1.62 bits per heavy atom. The summed E-state index contributed by atoms with van der Waals surface area (Å²) in [6, 6.07) is 1.41. The fourth-order valence-corrected chi connectivity index (χ4v) is 1.13. The SMILES string of the molecule is Nc1cc2nnccn2c1[N+](=O)[O-]. The molecule has 0 fully saturated rings. The van der Waals surface area contributed by atoms with Crippen molar-refractivity contribution in [3.8, 4) is 0 Å². The Kier molecular flexibility index (Phi) is 1.38. The molecule has 0 saturated heterocycles. The monoisotopic (exact) mass is 179 g/mol. The largest absolute Gasteiger partial charge is 0.392 e. The summed E-state index contributed by atoms with van der Waals surface area (Å²) in [5, 5.41) is 17.8. The van der Waals surface area contributed by atoms with Gasteiger partial charge in [-0.25, -0.2) is 0 Å². The summed E-state index contributed by atoms with van der Waals surface area (Å²) in [7, 11) is 0. The van der Waals surface area contributed by atoms with E-state index in [0.717, 1.165) is 0 Å². The van der Waals surface area contributed by atoms with Crippen LogP contribution >= 0.6 is 0 Å². The summed E-state index contributed by atoms with van der Waals surface area (Å²) in [5.41, 5.74) is 5.88. The van der Waals surface area contributed by atoms with Crippen molar-refractivity contribution < 1.29 is 4.92 Å². The van der Waals surface area contributed by atoms with Gasteiger partial charge in [0.05, 0.1) is 6.20 Å². The van der Waals surface area contributed by atoms with Crippen LogP contribution in [0, 0.1) is 10.1 Å². The topological polar surface area (TPSA) is 99.3 Å². The summed E-state index contributed by atoms with van der Waals surface area (Å²) in [6.45, 7) is 0. The molecule has 0 saturated carbocycles. The molecule has 7 heteroatoms. The molecule has 2 aromatic rings. The van der Waals surface area contributed by atoms with Crippen molar-refractivity contribution in [3.63, 3.8) is 0 Å². The van der Waals surface area contributed by atoms with Crippen molar-refractivity contribution in [2.75, 3.05) is 5.73 Å². The molecule has 0 aliphatic rings. The van der Waals surface area contributed by atoms with Crippen molar-refractivity contribution in [2.24, 2.45) is 0 Å². The van der Waals surface area contributed by atoms with Gasteiger partial charge in [0.1, 0.15) is 11.9 Å². The van der Waals surface area contributed by atoms with Crippen LogP contribution in [0.1, 0.15) is 0 Å². The number of fused-ring (bicyclic) bond motifs is 1. The van der Waals surface area contributed by atoms with Crippen LogP contribution < -0.4 is 5.73 Å². The summed E-state index contributed by atoms with van der Waals surface area (Å²) in [5.74, 6) is -0.176. The first-order valence-corrected chi connectivity index (χ1v) is 3.43. The number of anilines is 1. The number of hydrogen-bond donors (Lipinski definition) is 1. The van der Waals surface area contributed by atoms with Crippen molar-refractivity contribution in [1.82, 2.24) is 14.6 Å². The van der Waals surface area contributed by atoms with E-state index in [2.05, 4.69) is 10.2 Å². The van der Waals surface area contributed by atoms with Crippen LogP contribution in [0.4, 0.5) is 11.5 Å². The lowest BCUT2D eigenvalue weighted by atomic mass is 10.5. The fraction of sp³-hybridized carbons (Fsp3) is 0. The Hall–Kier alpha value is -2.18. The summed E-state index contributed by atoms with van der Waals surface area (Å²) < 4.78 is 1.28. The van der Waals surface area contributed by atoms with Gasteiger partial charge in [0.25, 0.3) is 0 Å². The first-order chi connectivity index (χ1) is 6.20. The molecule has 2 rings (SSSR count). The van der Waals surface area contributed by atoms with Crippen LogP contribution in [0.2, 0.25) is 0 Å². The van der Waals surface area contributed by atoms with Crippen LogP contribution in [0.3, 0.4) is 0 Å². The van der Waals surface area contributed by atoms with Gasteiger partial charge >= 0.3 is 5.82 Å². The first-order valence-electron chi connectivity index (χ1n) is 3.43. The Bertz CT molecular complexity index is 477. The number of nitrogens with zero attached hydrogens (tertiary/aromatic N) is 4. The molecule has 0 radical (unpaired) electrons. The van der Waals surface area contributed by atoms with E-state index in [4.69, 9.17) is 5.73 Å². The van der Waals surface area contributed by atoms with E-state index in [-0.39, 0.29) is 11.5 Å². The second kappa shape index (κ2) is 2.41. The molecule has 0 aliphatic heterocycles. The van der Waals surface area contributed by atoms with E-state index in [9.17, 15) is 10.1 Å². The maximum atomic E-state index is 10.6. The third-order valence-electron chi connectivity index (χ3n) is 1.63. The highest BCUT2D eigenvalue weighted by molar-refractivity contribution is 5.65. The Morgan fingerprint density at radius 3 is 3.08 bits per heavy atom. The van der Waals surface area contributed by atoms with Crippen molar-refractivity contribution >= 4 is 17.2 Å². The van der Waals surface area contributed by atoms with Gasteiger partial charge in [0, 0.05) is 6.07 Å². The summed E-state index contributed by atoms with van der Waals surface area (Å²) in [6.07, 6.45) is 2.80. The van der Waals surface area contributed by atoms with Crippen LogP contribution in [0.15, 0.2) is 18.5 Å². The van der Waals surface area contributed by atoms with E-state index in [0.29, 0.717) is 5.65 Å². The second-order valence-corrected chi connectivity index (χ2v) is 2.42. The molecule has 0 aromatic carbocycles. The van der Waals surface area contributed by atoms with Gasteiger partial charge in [-0.1, -0.05) is 0 Å². The zero-order valence-electron chi connectivity index (χ0n) is 6.41. The highest BCUT2D eigenvalue weighted by Gasteiger charge is 2.18. The Morgan fingerprint density at radius 2 is 2.38 bits per heavy atom. The third kappa shape index (κ3) is 0.975. The van der Waals surface area contributed by atoms with Crippen molar-refractivity contribution in [3.05, 3.63) is 28.6 Å². The molecule has 0 spiro atoms. The van der Waals surface area contributed by atoms with Crippen LogP contribution in [-0.4, -0.2) is 19.5 Å². The van der Waals surface area contributed by atoms with Crippen LogP contribution in [0.5, 0.6) is 0 Å². The van der Waals surface area contributed by atoms with Crippen LogP contribution in [-0.2, 0) is 0 Å². The van der Waals surface area contributed by atoms with Gasteiger partial charge in [0.2, 0.25) is 5.65 Å². The molecule has 2 aromatic heterocycles.